The van der Waals surface area contributed by atoms with E-state index in [-0.39, 0.29) is 29.5 Å². The van der Waals surface area contributed by atoms with Crippen molar-refractivity contribution in [2.24, 2.45) is 0 Å². The molecule has 1 amide bonds. The molecule has 0 saturated carbocycles. The topological polar surface area (TPSA) is 122 Å². The van der Waals surface area contributed by atoms with Crippen molar-refractivity contribution in [2.75, 3.05) is 38.1 Å². The predicted molar refractivity (Wildman–Crippen MR) is 147 cm³/mol. The van der Waals surface area contributed by atoms with Gasteiger partial charge in [-0.3, -0.25) is 9.10 Å². The molecule has 0 spiro atoms. The van der Waals surface area contributed by atoms with Gasteiger partial charge in [0.25, 0.3) is 15.9 Å². The van der Waals surface area contributed by atoms with E-state index in [4.69, 9.17) is 9.47 Å². The number of sulfonamides is 2. The van der Waals surface area contributed by atoms with Crippen molar-refractivity contribution in [1.29, 1.82) is 0 Å². The van der Waals surface area contributed by atoms with Crippen LogP contribution in [0.2, 0.25) is 0 Å². The van der Waals surface area contributed by atoms with Crippen molar-refractivity contribution in [3.05, 3.63) is 77.9 Å². The number of ether oxygens (including phenoxy) is 2. The highest BCUT2D eigenvalue weighted by molar-refractivity contribution is 7.92. The molecule has 12 heteroatoms. The summed E-state index contributed by atoms with van der Waals surface area (Å²) in [6.07, 6.45) is -1.07. The molecule has 1 heterocycles. The second kappa shape index (κ2) is 11.2. The molecular weight excluding hydrogens is 542 g/mol. The highest BCUT2D eigenvalue weighted by Crippen LogP contribution is 2.37. The van der Waals surface area contributed by atoms with E-state index < -0.39 is 32.1 Å². The fourth-order valence-corrected chi connectivity index (χ4v) is 6.31. The van der Waals surface area contributed by atoms with E-state index in [2.05, 4.69) is 5.32 Å². The van der Waals surface area contributed by atoms with Crippen LogP contribution in [0.4, 0.5) is 5.69 Å². The Morgan fingerprint density at radius 3 is 2.21 bits per heavy atom. The fraction of sp³-hybridized carbons (Fsp3) is 0.296. The van der Waals surface area contributed by atoms with Crippen LogP contribution in [0.3, 0.4) is 0 Å². The van der Waals surface area contributed by atoms with Crippen LogP contribution in [-0.2, 0) is 24.8 Å². The largest absolute Gasteiger partial charge is 0.492 e. The first-order valence-corrected chi connectivity index (χ1v) is 15.1. The maximum atomic E-state index is 13.6. The van der Waals surface area contributed by atoms with Gasteiger partial charge in [0.2, 0.25) is 10.0 Å². The molecule has 1 aliphatic heterocycles. The molecule has 0 radical (unpaired) electrons. The lowest BCUT2D eigenvalue weighted by Crippen LogP contribution is -2.51. The van der Waals surface area contributed by atoms with Crippen molar-refractivity contribution in [3.63, 3.8) is 0 Å². The number of carbonyl (C=O) groups is 1. The molecule has 39 heavy (non-hydrogen) atoms. The summed E-state index contributed by atoms with van der Waals surface area (Å²) in [6.45, 7) is 3.77. The van der Waals surface area contributed by atoms with Crippen molar-refractivity contribution in [1.82, 2.24) is 9.62 Å². The Bertz CT molecular complexity index is 1550. The number of nitrogens with one attached hydrogen (secondary N) is 1. The van der Waals surface area contributed by atoms with Gasteiger partial charge in [0.1, 0.15) is 18.1 Å². The van der Waals surface area contributed by atoms with Crippen LogP contribution >= 0.6 is 0 Å². The average molecular weight is 574 g/mol. The van der Waals surface area contributed by atoms with E-state index in [1.54, 1.807) is 42.5 Å². The van der Waals surface area contributed by atoms with Crippen LogP contribution in [0.5, 0.6) is 11.5 Å². The quantitative estimate of drug-likeness (QED) is 0.391. The number of hydrogen-bond acceptors (Lipinski definition) is 7. The Kier molecular flexibility index (Phi) is 8.19. The summed E-state index contributed by atoms with van der Waals surface area (Å²) in [4.78, 5) is 13.2. The van der Waals surface area contributed by atoms with E-state index >= 15 is 0 Å². The summed E-state index contributed by atoms with van der Waals surface area (Å²) in [6, 6.07) is 17.7. The molecule has 1 aliphatic rings. The smallest absolute Gasteiger partial charge is 0.264 e. The van der Waals surface area contributed by atoms with Crippen LogP contribution in [0, 0.1) is 13.8 Å². The molecule has 4 rings (SSSR count). The third-order valence-electron chi connectivity index (χ3n) is 6.16. The van der Waals surface area contributed by atoms with E-state index in [9.17, 15) is 21.6 Å². The minimum atomic E-state index is -3.95. The number of aryl methyl sites for hydroxylation is 2. The molecule has 1 N–H and O–H groups in total. The second-order valence-electron chi connectivity index (χ2n) is 9.33. The molecule has 0 unspecified atom stereocenters. The number of nitrogens with zero attached hydrogens (tertiary/aromatic N) is 2. The lowest BCUT2D eigenvalue weighted by molar-refractivity contribution is -0.127. The van der Waals surface area contributed by atoms with Gasteiger partial charge in [-0.2, -0.15) is 0 Å². The van der Waals surface area contributed by atoms with Gasteiger partial charge < -0.3 is 14.8 Å². The van der Waals surface area contributed by atoms with Gasteiger partial charge in [0, 0.05) is 14.1 Å². The highest BCUT2D eigenvalue weighted by Gasteiger charge is 2.37. The Balaban J connectivity index is 1.42. The molecule has 3 aromatic carbocycles. The monoisotopic (exact) mass is 573 g/mol. The standard InChI is InChI=1S/C27H31N3O7S2/c1-19-5-10-23(11-6-19)39(34,35)30-18-26(37-25-14-7-20(2)17-24(25)30)27(31)28-15-16-36-21-8-12-22(13-9-21)38(32,33)29(3)4/h5-14,17,26H,15-16,18H2,1-4H3,(H,28,31)/t26-/m1/s1. The first-order chi connectivity index (χ1) is 18.4. The zero-order valence-electron chi connectivity index (χ0n) is 22.1. The van der Waals surface area contributed by atoms with Gasteiger partial charge in [-0.05, 0) is 67.9 Å². The molecule has 3 aromatic rings. The zero-order valence-corrected chi connectivity index (χ0v) is 23.8. The number of carbonyl (C=O) groups excluding carboxylic acids is 1. The van der Waals surface area contributed by atoms with E-state index in [1.807, 2.05) is 13.8 Å². The third-order valence-corrected chi connectivity index (χ3v) is 9.78. The van der Waals surface area contributed by atoms with Gasteiger partial charge in [-0.25, -0.2) is 21.1 Å². The second-order valence-corrected chi connectivity index (χ2v) is 13.3. The third kappa shape index (κ3) is 6.18. The number of amides is 1. The minimum Gasteiger partial charge on any atom is -0.492 e. The Hall–Kier alpha value is -3.61. The van der Waals surface area contributed by atoms with Crippen LogP contribution in [0.1, 0.15) is 11.1 Å². The Labute approximate surface area is 229 Å². The van der Waals surface area contributed by atoms with Gasteiger partial charge in [-0.1, -0.05) is 23.8 Å². The minimum absolute atomic E-state index is 0.111. The van der Waals surface area contributed by atoms with Gasteiger partial charge in [0.15, 0.2) is 6.10 Å². The number of fused-ring (bicyclic) bond motifs is 1. The number of anilines is 1. The predicted octanol–water partition coefficient (Wildman–Crippen LogP) is 2.71. The van der Waals surface area contributed by atoms with Gasteiger partial charge >= 0.3 is 0 Å². The average Bonchev–Trinajstić information content (AvgIpc) is 2.90. The van der Waals surface area contributed by atoms with Crippen LogP contribution < -0.4 is 19.1 Å². The molecule has 0 aliphatic carbocycles. The highest BCUT2D eigenvalue weighted by atomic mass is 32.2. The summed E-state index contributed by atoms with van der Waals surface area (Å²) in [5.41, 5.74) is 2.16. The maximum Gasteiger partial charge on any atom is 0.264 e. The summed E-state index contributed by atoms with van der Waals surface area (Å²) in [5, 5.41) is 2.72. The lowest BCUT2D eigenvalue weighted by atomic mass is 10.1. The van der Waals surface area contributed by atoms with E-state index in [0.717, 1.165) is 15.4 Å². The number of benzene rings is 3. The van der Waals surface area contributed by atoms with Gasteiger partial charge in [0.05, 0.1) is 28.6 Å². The number of rotatable bonds is 9. The van der Waals surface area contributed by atoms with E-state index in [0.29, 0.717) is 17.2 Å². The molecule has 0 saturated heterocycles. The molecule has 208 valence electrons. The first-order valence-electron chi connectivity index (χ1n) is 12.2. The number of hydrogen-bond donors (Lipinski definition) is 1. The summed E-state index contributed by atoms with van der Waals surface area (Å²) >= 11 is 0. The van der Waals surface area contributed by atoms with Crippen molar-refractivity contribution in [3.8, 4) is 11.5 Å². The van der Waals surface area contributed by atoms with Crippen molar-refractivity contribution >= 4 is 31.6 Å². The fourth-order valence-electron chi connectivity index (χ4n) is 3.94. The maximum absolute atomic E-state index is 13.6. The molecule has 0 aromatic heterocycles. The summed E-state index contributed by atoms with van der Waals surface area (Å²) in [5.74, 6) is 0.253. The zero-order chi connectivity index (χ0) is 28.4. The van der Waals surface area contributed by atoms with Crippen LogP contribution in [0.15, 0.2) is 76.5 Å². The van der Waals surface area contributed by atoms with Crippen molar-refractivity contribution in [2.45, 2.75) is 29.7 Å². The Morgan fingerprint density at radius 1 is 0.949 bits per heavy atom. The molecule has 1 atom stereocenters. The van der Waals surface area contributed by atoms with E-state index in [1.165, 1.54) is 42.7 Å². The molecule has 0 fully saturated rings. The summed E-state index contributed by atoms with van der Waals surface area (Å²) in [7, 11) is -4.59. The lowest BCUT2D eigenvalue weighted by Gasteiger charge is -2.35. The van der Waals surface area contributed by atoms with Gasteiger partial charge in [-0.15, -0.1) is 0 Å². The molecule has 0 bridgehead atoms. The Morgan fingerprint density at radius 2 is 1.56 bits per heavy atom. The summed E-state index contributed by atoms with van der Waals surface area (Å²) < 4.78 is 65.3. The van der Waals surface area contributed by atoms with Crippen LogP contribution in [0.25, 0.3) is 0 Å². The normalized spacial score (nSPS) is 15.4. The van der Waals surface area contributed by atoms with Crippen LogP contribution in [-0.4, -0.2) is 66.9 Å². The molecule has 10 nitrogen and oxygen atoms in total. The SMILES string of the molecule is Cc1ccc(S(=O)(=O)N2C[C@H](C(=O)NCCOc3ccc(S(=O)(=O)N(C)C)cc3)Oc3ccc(C)cc32)cc1. The van der Waals surface area contributed by atoms with Crippen molar-refractivity contribution < 1.29 is 31.1 Å². The first kappa shape index (κ1) is 28.4. The molecular formula is C27H31N3O7S2.